The Hall–Kier alpha value is -4.10. The van der Waals surface area contributed by atoms with Crippen molar-refractivity contribution in [2.75, 3.05) is 6.54 Å². The van der Waals surface area contributed by atoms with Crippen LogP contribution in [-0.2, 0) is 13.1 Å². The minimum Gasteiger partial charge on any atom is -0.321 e. The average molecular weight is 479 g/mol. The molecule has 0 aliphatic heterocycles. The SMILES string of the molecule is CCN(Cc1ccccc1)C(c1cc2cc(C)cc(C)c2[nH]c1=O)c1nnnn1Cc1ccccc1. The molecule has 36 heavy (non-hydrogen) atoms. The molecular formula is C29H30N6O. The van der Waals surface area contributed by atoms with Crippen molar-refractivity contribution in [3.63, 3.8) is 0 Å². The van der Waals surface area contributed by atoms with Gasteiger partial charge in [0, 0.05) is 12.1 Å². The summed E-state index contributed by atoms with van der Waals surface area (Å²) in [5.74, 6) is 0.644. The van der Waals surface area contributed by atoms with Gasteiger partial charge in [-0.25, -0.2) is 4.68 Å². The van der Waals surface area contributed by atoms with Crippen LogP contribution in [0.2, 0.25) is 0 Å². The van der Waals surface area contributed by atoms with E-state index < -0.39 is 6.04 Å². The maximum atomic E-state index is 13.6. The van der Waals surface area contributed by atoms with Crippen LogP contribution < -0.4 is 5.56 Å². The summed E-state index contributed by atoms with van der Waals surface area (Å²) in [7, 11) is 0. The van der Waals surface area contributed by atoms with Gasteiger partial charge in [0.2, 0.25) is 0 Å². The third-order valence-electron chi connectivity index (χ3n) is 6.60. The summed E-state index contributed by atoms with van der Waals surface area (Å²) >= 11 is 0. The number of nitrogens with one attached hydrogen (secondary N) is 1. The molecule has 182 valence electrons. The summed E-state index contributed by atoms with van der Waals surface area (Å²) in [6.07, 6.45) is 0. The number of pyridine rings is 1. The maximum Gasteiger partial charge on any atom is 0.253 e. The lowest BCUT2D eigenvalue weighted by atomic mass is 10.00. The highest BCUT2D eigenvalue weighted by Gasteiger charge is 2.30. The minimum atomic E-state index is -0.428. The first kappa shape index (κ1) is 23.6. The Morgan fingerprint density at radius 3 is 2.33 bits per heavy atom. The number of benzene rings is 3. The molecule has 5 rings (SSSR count). The van der Waals surface area contributed by atoms with Gasteiger partial charge in [0.05, 0.1) is 12.1 Å². The fourth-order valence-electron chi connectivity index (χ4n) is 4.89. The van der Waals surface area contributed by atoms with Gasteiger partial charge < -0.3 is 4.98 Å². The van der Waals surface area contributed by atoms with Gasteiger partial charge in [-0.05, 0) is 65.0 Å². The highest BCUT2D eigenvalue weighted by molar-refractivity contribution is 5.83. The van der Waals surface area contributed by atoms with E-state index in [1.807, 2.05) is 49.4 Å². The number of aromatic nitrogens is 5. The maximum absolute atomic E-state index is 13.6. The molecule has 7 heteroatoms. The van der Waals surface area contributed by atoms with Crippen LogP contribution in [0.15, 0.2) is 83.7 Å². The Bertz CT molecular complexity index is 1520. The van der Waals surface area contributed by atoms with Crippen LogP contribution in [0.1, 0.15) is 46.6 Å². The van der Waals surface area contributed by atoms with Crippen LogP contribution >= 0.6 is 0 Å². The topological polar surface area (TPSA) is 79.7 Å². The largest absolute Gasteiger partial charge is 0.321 e. The smallest absolute Gasteiger partial charge is 0.253 e. The van der Waals surface area contributed by atoms with Gasteiger partial charge >= 0.3 is 0 Å². The zero-order valence-electron chi connectivity index (χ0n) is 20.8. The normalized spacial score (nSPS) is 12.3. The summed E-state index contributed by atoms with van der Waals surface area (Å²) in [5.41, 5.74) is 5.83. The van der Waals surface area contributed by atoms with E-state index in [1.54, 1.807) is 4.68 Å². The van der Waals surface area contributed by atoms with Gasteiger partial charge in [-0.15, -0.1) is 5.10 Å². The van der Waals surface area contributed by atoms with Crippen molar-refractivity contribution in [2.24, 2.45) is 0 Å². The summed E-state index contributed by atoms with van der Waals surface area (Å²) < 4.78 is 1.80. The molecule has 0 amide bonds. The van der Waals surface area contributed by atoms with Crippen molar-refractivity contribution >= 4 is 10.9 Å². The second kappa shape index (κ2) is 10.3. The fourth-order valence-corrected chi connectivity index (χ4v) is 4.89. The van der Waals surface area contributed by atoms with Gasteiger partial charge in [-0.2, -0.15) is 0 Å². The zero-order valence-corrected chi connectivity index (χ0v) is 20.8. The lowest BCUT2D eigenvalue weighted by Crippen LogP contribution is -2.35. The number of hydrogen-bond donors (Lipinski definition) is 1. The van der Waals surface area contributed by atoms with Crippen LogP contribution in [-0.4, -0.2) is 36.6 Å². The number of H-pyrrole nitrogens is 1. The first-order valence-electron chi connectivity index (χ1n) is 12.3. The van der Waals surface area contributed by atoms with Crippen molar-refractivity contribution in [3.8, 4) is 0 Å². The Morgan fingerprint density at radius 2 is 1.64 bits per heavy atom. The first-order valence-corrected chi connectivity index (χ1v) is 12.3. The van der Waals surface area contributed by atoms with Gasteiger partial charge in [0.25, 0.3) is 5.56 Å². The van der Waals surface area contributed by atoms with Gasteiger partial charge in [0.1, 0.15) is 6.04 Å². The number of hydrogen-bond acceptors (Lipinski definition) is 5. The number of tetrazole rings is 1. The van der Waals surface area contributed by atoms with Gasteiger partial charge in [-0.1, -0.05) is 79.2 Å². The third kappa shape index (κ3) is 4.83. The Balaban J connectivity index is 1.66. The van der Waals surface area contributed by atoms with E-state index in [1.165, 1.54) is 0 Å². The lowest BCUT2D eigenvalue weighted by molar-refractivity contribution is 0.214. The van der Waals surface area contributed by atoms with E-state index in [0.717, 1.165) is 33.2 Å². The second-order valence-corrected chi connectivity index (χ2v) is 9.23. The standard InChI is InChI=1S/C29H30N6O/c1-4-34(18-22-11-7-5-8-12-22)27(28-31-32-33-35(28)19-23-13-9-6-10-14-23)25-17-24-16-20(2)15-21(3)26(24)30-29(25)36/h5-17,27H,4,18-19H2,1-3H3,(H,30,36). The molecule has 0 fully saturated rings. The Labute approximate surface area is 210 Å². The highest BCUT2D eigenvalue weighted by Crippen LogP contribution is 2.29. The summed E-state index contributed by atoms with van der Waals surface area (Å²) in [4.78, 5) is 19.0. The van der Waals surface area contributed by atoms with Crippen LogP contribution in [0.4, 0.5) is 0 Å². The number of rotatable bonds is 8. The van der Waals surface area contributed by atoms with Crippen molar-refractivity contribution in [1.29, 1.82) is 0 Å². The van der Waals surface area contributed by atoms with E-state index in [9.17, 15) is 4.79 Å². The molecule has 2 aromatic heterocycles. The van der Waals surface area contributed by atoms with Crippen LogP contribution in [0.3, 0.4) is 0 Å². The predicted molar refractivity (Wildman–Crippen MR) is 142 cm³/mol. The van der Waals surface area contributed by atoms with Crippen molar-refractivity contribution in [1.82, 2.24) is 30.1 Å². The van der Waals surface area contributed by atoms with E-state index in [-0.39, 0.29) is 5.56 Å². The van der Waals surface area contributed by atoms with Crippen LogP contribution in [0.5, 0.6) is 0 Å². The fraction of sp³-hybridized carbons (Fsp3) is 0.241. The first-order chi connectivity index (χ1) is 17.5. The van der Waals surface area contributed by atoms with E-state index in [2.05, 4.69) is 75.7 Å². The Kier molecular flexibility index (Phi) is 6.73. The second-order valence-electron chi connectivity index (χ2n) is 9.23. The molecule has 1 N–H and O–H groups in total. The van der Waals surface area contributed by atoms with Gasteiger partial charge in [-0.3, -0.25) is 9.69 Å². The number of aromatic amines is 1. The summed E-state index contributed by atoms with van der Waals surface area (Å²) in [6, 6.07) is 26.2. The molecule has 0 radical (unpaired) electrons. The van der Waals surface area contributed by atoms with Crippen LogP contribution in [0, 0.1) is 13.8 Å². The zero-order chi connectivity index (χ0) is 25.1. The molecule has 7 nitrogen and oxygen atoms in total. The van der Waals surface area contributed by atoms with Crippen molar-refractivity contribution in [2.45, 2.75) is 39.9 Å². The number of fused-ring (bicyclic) bond motifs is 1. The molecule has 5 aromatic rings. The highest BCUT2D eigenvalue weighted by atomic mass is 16.1. The molecule has 0 saturated heterocycles. The minimum absolute atomic E-state index is 0.125. The molecule has 0 aliphatic rings. The summed E-state index contributed by atoms with van der Waals surface area (Å²) in [5, 5.41) is 13.8. The molecule has 3 aromatic carbocycles. The quantitative estimate of drug-likeness (QED) is 0.347. The molecule has 2 heterocycles. The van der Waals surface area contributed by atoms with Crippen molar-refractivity contribution < 1.29 is 0 Å². The summed E-state index contributed by atoms with van der Waals surface area (Å²) in [6.45, 7) is 8.09. The molecule has 0 bridgehead atoms. The molecule has 0 aliphatic carbocycles. The molecule has 1 atom stereocenters. The van der Waals surface area contributed by atoms with Gasteiger partial charge in [0.15, 0.2) is 5.82 Å². The molecule has 1 unspecified atom stereocenters. The third-order valence-corrected chi connectivity index (χ3v) is 6.60. The van der Waals surface area contributed by atoms with Crippen LogP contribution in [0.25, 0.3) is 10.9 Å². The van der Waals surface area contributed by atoms with Crippen molar-refractivity contribution in [3.05, 3.63) is 123 Å². The predicted octanol–water partition coefficient (Wildman–Crippen LogP) is 4.79. The number of nitrogens with zero attached hydrogens (tertiary/aromatic N) is 5. The Morgan fingerprint density at radius 1 is 0.944 bits per heavy atom. The van der Waals surface area contributed by atoms with E-state index >= 15 is 0 Å². The number of aryl methyl sites for hydroxylation is 2. The molecule has 0 saturated carbocycles. The lowest BCUT2D eigenvalue weighted by Gasteiger charge is -2.30. The van der Waals surface area contributed by atoms with E-state index in [0.29, 0.717) is 31.0 Å². The van der Waals surface area contributed by atoms with E-state index in [4.69, 9.17) is 0 Å². The molecule has 0 spiro atoms. The molecular weight excluding hydrogens is 448 g/mol. The average Bonchev–Trinajstić information content (AvgIpc) is 3.33. The monoisotopic (exact) mass is 478 g/mol.